The Bertz CT molecular complexity index is 1380. The van der Waals surface area contributed by atoms with Gasteiger partial charge in [-0.05, 0) is 49.9 Å². The second-order valence-corrected chi connectivity index (χ2v) is 9.39. The molecular formula is C26H30N6O2. The number of nitrogens with one attached hydrogen (secondary N) is 3. The van der Waals surface area contributed by atoms with Gasteiger partial charge in [-0.2, -0.15) is 0 Å². The van der Waals surface area contributed by atoms with Gasteiger partial charge in [0.05, 0.1) is 35.5 Å². The van der Waals surface area contributed by atoms with Gasteiger partial charge in [-0.15, -0.1) is 0 Å². The van der Waals surface area contributed by atoms with Gasteiger partial charge in [0.2, 0.25) is 0 Å². The first-order valence-electron chi connectivity index (χ1n) is 12.2. The molecule has 0 bridgehead atoms. The highest BCUT2D eigenvalue weighted by Crippen LogP contribution is 2.33. The number of H-pyrrole nitrogens is 2. The summed E-state index contributed by atoms with van der Waals surface area (Å²) in [6, 6.07) is 14.7. The first kappa shape index (κ1) is 21.2. The minimum atomic E-state index is -0.152. The van der Waals surface area contributed by atoms with Gasteiger partial charge in [0, 0.05) is 36.2 Å². The molecule has 2 aliphatic rings. The summed E-state index contributed by atoms with van der Waals surface area (Å²) in [4.78, 5) is 27.0. The van der Waals surface area contributed by atoms with E-state index in [1.807, 2.05) is 30.3 Å². The highest BCUT2D eigenvalue weighted by atomic mass is 16.5. The Morgan fingerprint density at radius 1 is 1.00 bits per heavy atom. The highest BCUT2D eigenvalue weighted by Gasteiger charge is 2.23. The van der Waals surface area contributed by atoms with Crippen molar-refractivity contribution in [2.45, 2.75) is 37.8 Å². The highest BCUT2D eigenvalue weighted by molar-refractivity contribution is 5.99. The summed E-state index contributed by atoms with van der Waals surface area (Å²) in [5, 5.41) is 4.69. The zero-order valence-electron chi connectivity index (χ0n) is 19.1. The molecule has 176 valence electrons. The second-order valence-electron chi connectivity index (χ2n) is 9.39. The molecule has 2 aromatic heterocycles. The SMILES string of the molecule is NC1CCC(Nc2c(-c3nc4ccc(N5CCOCC5)cc4[nH]3)c(=O)[nH]c3ccccc23)CC1. The van der Waals surface area contributed by atoms with Crippen LogP contribution >= 0.6 is 0 Å². The van der Waals surface area contributed by atoms with Crippen LogP contribution < -0.4 is 21.5 Å². The third-order valence-corrected chi connectivity index (χ3v) is 7.12. The molecule has 2 aromatic carbocycles. The summed E-state index contributed by atoms with van der Waals surface area (Å²) < 4.78 is 5.49. The molecule has 0 spiro atoms. The average Bonchev–Trinajstić information content (AvgIpc) is 3.28. The smallest absolute Gasteiger partial charge is 0.261 e. The van der Waals surface area contributed by atoms with Crippen LogP contribution in [-0.4, -0.2) is 53.3 Å². The fourth-order valence-corrected chi connectivity index (χ4v) is 5.22. The van der Waals surface area contributed by atoms with Gasteiger partial charge in [-0.1, -0.05) is 18.2 Å². The largest absolute Gasteiger partial charge is 0.381 e. The fourth-order valence-electron chi connectivity index (χ4n) is 5.22. The number of ether oxygens (including phenoxy) is 1. The van der Waals surface area contributed by atoms with Gasteiger partial charge in [-0.3, -0.25) is 4.79 Å². The van der Waals surface area contributed by atoms with Crippen molar-refractivity contribution in [1.82, 2.24) is 15.0 Å². The van der Waals surface area contributed by atoms with Crippen LogP contribution in [0.1, 0.15) is 25.7 Å². The molecule has 1 saturated carbocycles. The van der Waals surface area contributed by atoms with E-state index in [1.165, 1.54) is 0 Å². The number of aromatic amines is 2. The maximum atomic E-state index is 13.3. The van der Waals surface area contributed by atoms with Crippen molar-refractivity contribution in [3.63, 3.8) is 0 Å². The lowest BCUT2D eigenvalue weighted by atomic mass is 9.91. The molecule has 0 radical (unpaired) electrons. The molecule has 1 aliphatic heterocycles. The Balaban J connectivity index is 1.44. The first-order chi connectivity index (χ1) is 16.7. The summed E-state index contributed by atoms with van der Waals surface area (Å²) in [6.07, 6.45) is 3.96. The third kappa shape index (κ3) is 3.93. The van der Waals surface area contributed by atoms with Gasteiger partial charge >= 0.3 is 0 Å². The summed E-state index contributed by atoms with van der Waals surface area (Å²) >= 11 is 0. The van der Waals surface area contributed by atoms with Crippen LogP contribution in [0.3, 0.4) is 0 Å². The Morgan fingerprint density at radius 3 is 2.62 bits per heavy atom. The van der Waals surface area contributed by atoms with E-state index in [9.17, 15) is 4.79 Å². The molecule has 5 N–H and O–H groups in total. The number of hydrogen-bond donors (Lipinski definition) is 4. The molecule has 6 rings (SSSR count). The Labute approximate surface area is 197 Å². The van der Waals surface area contributed by atoms with E-state index in [1.54, 1.807) is 0 Å². The molecule has 3 heterocycles. The van der Waals surface area contributed by atoms with E-state index in [4.69, 9.17) is 15.5 Å². The molecule has 4 aromatic rings. The first-order valence-corrected chi connectivity index (χ1v) is 12.2. The van der Waals surface area contributed by atoms with E-state index < -0.39 is 0 Å². The lowest BCUT2D eigenvalue weighted by Crippen LogP contribution is -2.36. The van der Waals surface area contributed by atoms with Crippen LogP contribution in [0.25, 0.3) is 33.3 Å². The normalized spacial score (nSPS) is 21.3. The minimum absolute atomic E-state index is 0.152. The quantitative estimate of drug-likeness (QED) is 0.372. The topological polar surface area (TPSA) is 112 Å². The van der Waals surface area contributed by atoms with E-state index in [2.05, 4.69) is 32.3 Å². The van der Waals surface area contributed by atoms with E-state index in [0.29, 0.717) is 11.4 Å². The van der Waals surface area contributed by atoms with Crippen molar-refractivity contribution < 1.29 is 4.74 Å². The fraction of sp³-hybridized carbons (Fsp3) is 0.385. The van der Waals surface area contributed by atoms with Gasteiger partial charge in [-0.25, -0.2) is 4.98 Å². The second kappa shape index (κ2) is 8.77. The van der Waals surface area contributed by atoms with Crippen molar-refractivity contribution in [2.24, 2.45) is 5.73 Å². The number of fused-ring (bicyclic) bond motifs is 2. The maximum Gasteiger partial charge on any atom is 0.261 e. The number of hydrogen-bond acceptors (Lipinski definition) is 6. The number of anilines is 2. The predicted molar refractivity (Wildman–Crippen MR) is 137 cm³/mol. The zero-order chi connectivity index (χ0) is 23.1. The molecule has 2 fully saturated rings. The van der Waals surface area contributed by atoms with Crippen molar-refractivity contribution in [2.75, 3.05) is 36.5 Å². The third-order valence-electron chi connectivity index (χ3n) is 7.12. The van der Waals surface area contributed by atoms with Crippen molar-refractivity contribution in [3.8, 4) is 11.4 Å². The number of aromatic nitrogens is 3. The molecule has 0 atom stereocenters. The monoisotopic (exact) mass is 458 g/mol. The van der Waals surface area contributed by atoms with Gasteiger partial charge in [0.25, 0.3) is 5.56 Å². The van der Waals surface area contributed by atoms with E-state index in [0.717, 1.165) is 85.3 Å². The number of nitrogens with zero attached hydrogens (tertiary/aromatic N) is 2. The van der Waals surface area contributed by atoms with Crippen LogP contribution in [0, 0.1) is 0 Å². The summed E-state index contributed by atoms with van der Waals surface area (Å²) in [5.74, 6) is 0.580. The number of rotatable bonds is 4. The number of morpholine rings is 1. The van der Waals surface area contributed by atoms with Crippen LogP contribution in [0.15, 0.2) is 47.3 Å². The van der Waals surface area contributed by atoms with E-state index >= 15 is 0 Å². The number of pyridine rings is 1. The van der Waals surface area contributed by atoms with Crippen LogP contribution in [0.4, 0.5) is 11.4 Å². The standard InChI is InChI=1S/C26H30N6O2/c27-16-5-7-17(8-6-16)28-24-19-3-1-2-4-20(19)31-26(33)23(24)25-29-21-10-9-18(15-22(21)30-25)32-11-13-34-14-12-32/h1-4,9-10,15-17H,5-8,11-14,27H2,(H,29,30)(H2,28,31,33). The Hall–Kier alpha value is -3.36. The molecule has 8 nitrogen and oxygen atoms in total. The number of imidazole rings is 1. The molecule has 1 aliphatic carbocycles. The number of para-hydroxylation sites is 1. The van der Waals surface area contributed by atoms with Gasteiger partial charge in [0.15, 0.2) is 0 Å². The molecule has 8 heteroatoms. The summed E-state index contributed by atoms with van der Waals surface area (Å²) in [6.45, 7) is 3.21. The lowest BCUT2D eigenvalue weighted by molar-refractivity contribution is 0.122. The molecule has 34 heavy (non-hydrogen) atoms. The maximum absolute atomic E-state index is 13.3. The van der Waals surface area contributed by atoms with Crippen LogP contribution in [0.5, 0.6) is 0 Å². The number of benzene rings is 2. The van der Waals surface area contributed by atoms with Gasteiger partial charge < -0.3 is 30.7 Å². The van der Waals surface area contributed by atoms with Gasteiger partial charge in [0.1, 0.15) is 11.4 Å². The predicted octanol–water partition coefficient (Wildman–Crippen LogP) is 3.59. The Morgan fingerprint density at radius 2 is 1.79 bits per heavy atom. The Kier molecular flexibility index (Phi) is 5.47. The molecule has 1 saturated heterocycles. The van der Waals surface area contributed by atoms with Crippen LogP contribution in [-0.2, 0) is 4.74 Å². The van der Waals surface area contributed by atoms with E-state index in [-0.39, 0.29) is 17.6 Å². The van der Waals surface area contributed by atoms with Crippen LogP contribution in [0.2, 0.25) is 0 Å². The zero-order valence-corrected chi connectivity index (χ0v) is 19.1. The lowest BCUT2D eigenvalue weighted by Gasteiger charge is -2.28. The minimum Gasteiger partial charge on any atom is -0.381 e. The summed E-state index contributed by atoms with van der Waals surface area (Å²) in [5.41, 5.74) is 11.1. The van der Waals surface area contributed by atoms with Crippen molar-refractivity contribution in [1.29, 1.82) is 0 Å². The van der Waals surface area contributed by atoms with Crippen molar-refractivity contribution >= 4 is 33.3 Å². The molecular weight excluding hydrogens is 428 g/mol. The number of nitrogens with two attached hydrogens (primary N) is 1. The molecule has 0 unspecified atom stereocenters. The average molecular weight is 459 g/mol. The summed E-state index contributed by atoms with van der Waals surface area (Å²) in [7, 11) is 0. The van der Waals surface area contributed by atoms with Crippen molar-refractivity contribution in [3.05, 3.63) is 52.8 Å². The molecule has 0 amide bonds.